The third kappa shape index (κ3) is 3.08. The van der Waals surface area contributed by atoms with Crippen LogP contribution in [0, 0.1) is 6.92 Å². The van der Waals surface area contributed by atoms with E-state index in [1.54, 1.807) is 12.3 Å². The normalized spacial score (nSPS) is 11.5. The van der Waals surface area contributed by atoms with Crippen molar-refractivity contribution in [3.8, 4) is 0 Å². The highest BCUT2D eigenvalue weighted by molar-refractivity contribution is 6.00. The molecule has 3 rings (SSSR count). The molecule has 3 aromatic rings. The SMILES string of the molecule is Cc1ccccc1C(=O)N/N=C/c1cn(C(C)C)c2ccccc12. The average molecular weight is 319 g/mol. The van der Waals surface area contributed by atoms with Gasteiger partial charge >= 0.3 is 0 Å². The molecule has 0 radical (unpaired) electrons. The Bertz CT molecular complexity index is 906. The average Bonchev–Trinajstić information content (AvgIpc) is 2.94. The number of nitrogens with one attached hydrogen (secondary N) is 1. The van der Waals surface area contributed by atoms with E-state index in [0.717, 1.165) is 16.5 Å². The van der Waals surface area contributed by atoms with E-state index in [1.807, 2.05) is 37.3 Å². The van der Waals surface area contributed by atoms with Crippen LogP contribution in [0.1, 0.15) is 41.4 Å². The van der Waals surface area contributed by atoms with Crippen LogP contribution < -0.4 is 5.43 Å². The molecule has 1 N–H and O–H groups in total. The number of amides is 1. The number of hydrogen-bond acceptors (Lipinski definition) is 2. The lowest BCUT2D eigenvalue weighted by Crippen LogP contribution is -2.18. The smallest absolute Gasteiger partial charge is 0.271 e. The Hall–Kier alpha value is -2.88. The van der Waals surface area contributed by atoms with Crippen LogP contribution in [0.2, 0.25) is 0 Å². The summed E-state index contributed by atoms with van der Waals surface area (Å²) in [5.41, 5.74) is 6.34. The topological polar surface area (TPSA) is 46.4 Å². The zero-order chi connectivity index (χ0) is 17.1. The molecule has 0 unspecified atom stereocenters. The van der Waals surface area contributed by atoms with Crippen molar-refractivity contribution in [2.75, 3.05) is 0 Å². The molecule has 0 spiro atoms. The number of rotatable bonds is 4. The molecule has 0 aliphatic carbocycles. The molecule has 0 saturated carbocycles. The Labute approximate surface area is 141 Å². The molecule has 0 aliphatic heterocycles. The number of fused-ring (bicyclic) bond motifs is 1. The van der Waals surface area contributed by atoms with Crippen LogP contribution in [0.4, 0.5) is 0 Å². The van der Waals surface area contributed by atoms with Crippen LogP contribution in [-0.4, -0.2) is 16.7 Å². The van der Waals surface area contributed by atoms with Crippen LogP contribution in [0.5, 0.6) is 0 Å². The Kier molecular flexibility index (Phi) is 4.47. The van der Waals surface area contributed by atoms with Crippen molar-refractivity contribution in [2.24, 2.45) is 5.10 Å². The summed E-state index contributed by atoms with van der Waals surface area (Å²) in [4.78, 5) is 12.2. The predicted octanol–water partition coefficient (Wildman–Crippen LogP) is 4.29. The van der Waals surface area contributed by atoms with Gasteiger partial charge in [-0.25, -0.2) is 5.43 Å². The predicted molar refractivity (Wildman–Crippen MR) is 98.6 cm³/mol. The fraction of sp³-hybridized carbons (Fsp3) is 0.200. The number of aryl methyl sites for hydroxylation is 1. The first-order chi connectivity index (χ1) is 11.6. The monoisotopic (exact) mass is 319 g/mol. The number of carbonyl (C=O) groups excluding carboxylic acids is 1. The highest BCUT2D eigenvalue weighted by atomic mass is 16.2. The number of carbonyl (C=O) groups is 1. The number of hydrogen-bond donors (Lipinski definition) is 1. The molecule has 4 nitrogen and oxygen atoms in total. The van der Waals surface area contributed by atoms with Gasteiger partial charge in [0.1, 0.15) is 0 Å². The molecule has 0 atom stereocenters. The van der Waals surface area contributed by atoms with Crippen molar-refractivity contribution in [3.63, 3.8) is 0 Å². The van der Waals surface area contributed by atoms with Gasteiger partial charge in [-0.05, 0) is 38.5 Å². The highest BCUT2D eigenvalue weighted by Crippen LogP contribution is 2.23. The standard InChI is InChI=1S/C20H21N3O/c1-14(2)23-13-16(18-10-6-7-11-19(18)23)12-21-22-20(24)17-9-5-4-8-15(17)3/h4-14H,1-3H3,(H,22,24)/b21-12+. The molecule has 0 bridgehead atoms. The number of benzene rings is 2. The largest absolute Gasteiger partial charge is 0.344 e. The van der Waals surface area contributed by atoms with E-state index in [9.17, 15) is 4.79 Å². The first-order valence-corrected chi connectivity index (χ1v) is 8.06. The first-order valence-electron chi connectivity index (χ1n) is 8.06. The van der Waals surface area contributed by atoms with E-state index < -0.39 is 0 Å². The van der Waals surface area contributed by atoms with Gasteiger partial charge in [0.15, 0.2) is 0 Å². The van der Waals surface area contributed by atoms with Crippen molar-refractivity contribution in [1.29, 1.82) is 0 Å². The minimum atomic E-state index is -0.197. The minimum Gasteiger partial charge on any atom is -0.344 e. The molecule has 1 aromatic heterocycles. The van der Waals surface area contributed by atoms with Gasteiger partial charge in [0.2, 0.25) is 0 Å². The number of nitrogens with zero attached hydrogens (tertiary/aromatic N) is 2. The van der Waals surface area contributed by atoms with Gasteiger partial charge in [0.25, 0.3) is 5.91 Å². The van der Waals surface area contributed by atoms with E-state index in [4.69, 9.17) is 0 Å². The summed E-state index contributed by atoms with van der Waals surface area (Å²) in [5, 5.41) is 5.27. The lowest BCUT2D eigenvalue weighted by atomic mass is 10.1. The Balaban J connectivity index is 1.84. The van der Waals surface area contributed by atoms with Crippen molar-refractivity contribution < 1.29 is 4.79 Å². The van der Waals surface area contributed by atoms with E-state index in [0.29, 0.717) is 11.6 Å². The Morgan fingerprint density at radius 1 is 1.12 bits per heavy atom. The molecule has 4 heteroatoms. The third-order valence-corrected chi connectivity index (χ3v) is 4.09. The van der Waals surface area contributed by atoms with Crippen molar-refractivity contribution in [1.82, 2.24) is 9.99 Å². The zero-order valence-corrected chi connectivity index (χ0v) is 14.2. The van der Waals surface area contributed by atoms with Gasteiger partial charge in [-0.15, -0.1) is 0 Å². The number of aromatic nitrogens is 1. The van der Waals surface area contributed by atoms with Gasteiger partial charge in [-0.3, -0.25) is 4.79 Å². The maximum atomic E-state index is 12.2. The van der Waals surface area contributed by atoms with Crippen LogP contribution in [0.15, 0.2) is 59.8 Å². The molecular weight excluding hydrogens is 298 g/mol. The van der Waals surface area contributed by atoms with Crippen molar-refractivity contribution >= 4 is 23.0 Å². The molecular formula is C20H21N3O. The quantitative estimate of drug-likeness (QED) is 0.566. The van der Waals surface area contributed by atoms with Gasteiger partial charge in [-0.2, -0.15) is 5.10 Å². The van der Waals surface area contributed by atoms with E-state index in [2.05, 4.69) is 47.3 Å². The maximum Gasteiger partial charge on any atom is 0.271 e. The molecule has 0 aliphatic rings. The molecule has 0 saturated heterocycles. The van der Waals surface area contributed by atoms with Crippen LogP contribution >= 0.6 is 0 Å². The first kappa shape index (κ1) is 16.0. The fourth-order valence-electron chi connectivity index (χ4n) is 2.81. The lowest BCUT2D eigenvalue weighted by Gasteiger charge is -2.08. The zero-order valence-electron chi connectivity index (χ0n) is 14.2. The van der Waals surface area contributed by atoms with E-state index in [-0.39, 0.29) is 5.91 Å². The van der Waals surface area contributed by atoms with Crippen molar-refractivity contribution in [2.45, 2.75) is 26.8 Å². The van der Waals surface area contributed by atoms with Crippen LogP contribution in [-0.2, 0) is 0 Å². The summed E-state index contributed by atoms with van der Waals surface area (Å²) in [6, 6.07) is 16.0. The van der Waals surface area contributed by atoms with Gasteiger partial charge in [0.05, 0.1) is 6.21 Å². The summed E-state index contributed by atoms with van der Waals surface area (Å²) >= 11 is 0. The van der Waals surface area contributed by atoms with Crippen molar-refractivity contribution in [3.05, 3.63) is 71.4 Å². The van der Waals surface area contributed by atoms with Crippen LogP contribution in [0.3, 0.4) is 0 Å². The summed E-state index contributed by atoms with van der Waals surface area (Å²) in [6.45, 7) is 6.20. The summed E-state index contributed by atoms with van der Waals surface area (Å²) in [6.07, 6.45) is 3.77. The van der Waals surface area contributed by atoms with Crippen LogP contribution in [0.25, 0.3) is 10.9 Å². The molecule has 2 aromatic carbocycles. The van der Waals surface area contributed by atoms with Gasteiger partial charge in [-0.1, -0.05) is 36.4 Å². The summed E-state index contributed by atoms with van der Waals surface area (Å²) in [7, 11) is 0. The Morgan fingerprint density at radius 3 is 2.58 bits per heavy atom. The highest BCUT2D eigenvalue weighted by Gasteiger charge is 2.09. The fourth-order valence-corrected chi connectivity index (χ4v) is 2.81. The van der Waals surface area contributed by atoms with E-state index >= 15 is 0 Å². The summed E-state index contributed by atoms with van der Waals surface area (Å²) < 4.78 is 2.21. The van der Waals surface area contributed by atoms with Gasteiger partial charge in [0, 0.05) is 34.3 Å². The molecule has 1 amide bonds. The third-order valence-electron chi connectivity index (χ3n) is 4.09. The number of hydrazone groups is 1. The minimum absolute atomic E-state index is 0.197. The molecule has 1 heterocycles. The number of para-hydroxylation sites is 1. The second-order valence-electron chi connectivity index (χ2n) is 6.12. The second kappa shape index (κ2) is 6.71. The Morgan fingerprint density at radius 2 is 1.83 bits per heavy atom. The summed E-state index contributed by atoms with van der Waals surface area (Å²) in [5.74, 6) is -0.197. The van der Waals surface area contributed by atoms with E-state index in [1.165, 1.54) is 5.52 Å². The lowest BCUT2D eigenvalue weighted by molar-refractivity contribution is 0.0954. The molecule has 0 fully saturated rings. The second-order valence-corrected chi connectivity index (χ2v) is 6.12. The molecule has 24 heavy (non-hydrogen) atoms. The molecule has 122 valence electrons. The van der Waals surface area contributed by atoms with Gasteiger partial charge < -0.3 is 4.57 Å². The maximum absolute atomic E-state index is 12.2.